The van der Waals surface area contributed by atoms with Crippen molar-refractivity contribution in [1.29, 1.82) is 0 Å². The zero-order valence-corrected chi connectivity index (χ0v) is 21.2. The summed E-state index contributed by atoms with van der Waals surface area (Å²) < 4.78 is 23.2. The maximum Gasteiger partial charge on any atom is 0.194 e. The van der Waals surface area contributed by atoms with Crippen molar-refractivity contribution in [3.05, 3.63) is 59.2 Å². The van der Waals surface area contributed by atoms with Gasteiger partial charge in [-0.2, -0.15) is 0 Å². The Morgan fingerprint density at radius 3 is 2.23 bits per heavy atom. The lowest BCUT2D eigenvalue weighted by Crippen LogP contribution is -2.52. The zero-order chi connectivity index (χ0) is 21.0. The molecule has 1 aliphatic rings. The Balaban J connectivity index is 0.00000320. The van der Waals surface area contributed by atoms with Crippen LogP contribution in [-0.4, -0.2) is 58.8 Å². The van der Waals surface area contributed by atoms with Crippen LogP contribution < -0.4 is 10.2 Å². The minimum absolute atomic E-state index is 0. The first kappa shape index (κ1) is 24.5. The third kappa shape index (κ3) is 5.87. The zero-order valence-electron chi connectivity index (χ0n) is 18.1. The van der Waals surface area contributed by atoms with Gasteiger partial charge in [-0.3, -0.25) is 4.99 Å². The van der Waals surface area contributed by atoms with Gasteiger partial charge in [-0.25, -0.2) is 8.42 Å². The molecule has 8 heteroatoms. The molecule has 0 atom stereocenters. The molecule has 1 N–H and O–H groups in total. The molecule has 0 aromatic heterocycles. The highest BCUT2D eigenvalue weighted by atomic mass is 127. The molecule has 164 valence electrons. The van der Waals surface area contributed by atoms with Crippen LogP contribution in [0.25, 0.3) is 0 Å². The van der Waals surface area contributed by atoms with Gasteiger partial charge >= 0.3 is 0 Å². The Bertz CT molecular complexity index is 983. The average molecular weight is 542 g/mol. The number of guanidine groups is 1. The molecule has 1 heterocycles. The lowest BCUT2D eigenvalue weighted by atomic mass is 10.1. The molecule has 2 aromatic carbocycles. The van der Waals surface area contributed by atoms with Gasteiger partial charge in [-0.1, -0.05) is 24.3 Å². The van der Waals surface area contributed by atoms with Crippen LogP contribution >= 0.6 is 24.0 Å². The SMILES string of the molecule is CN=C(NCc1ccc(S(C)(=O)=O)cc1)N1CCN(c2cccc(C)c2C)CC1.I. The quantitative estimate of drug-likeness (QED) is 0.365. The molecule has 6 nitrogen and oxygen atoms in total. The smallest absolute Gasteiger partial charge is 0.194 e. The lowest BCUT2D eigenvalue weighted by Gasteiger charge is -2.38. The second-order valence-corrected chi connectivity index (χ2v) is 9.53. The summed E-state index contributed by atoms with van der Waals surface area (Å²) in [5.41, 5.74) is 5.01. The molecule has 3 rings (SSSR count). The predicted octanol–water partition coefficient (Wildman–Crippen LogP) is 3.22. The summed E-state index contributed by atoms with van der Waals surface area (Å²) in [6, 6.07) is 13.5. The number of aliphatic imine (C=N–C) groups is 1. The fraction of sp³-hybridized carbons (Fsp3) is 0.409. The number of benzene rings is 2. The van der Waals surface area contributed by atoms with Gasteiger partial charge in [0.25, 0.3) is 0 Å². The molecule has 0 amide bonds. The molecule has 1 aliphatic heterocycles. The Kier molecular flexibility index (Phi) is 8.54. The van der Waals surface area contributed by atoms with E-state index < -0.39 is 9.84 Å². The molecule has 1 saturated heterocycles. The molecule has 0 aliphatic carbocycles. The van der Waals surface area contributed by atoms with Crippen LogP contribution in [0.2, 0.25) is 0 Å². The topological polar surface area (TPSA) is 65.0 Å². The van der Waals surface area contributed by atoms with E-state index in [1.807, 2.05) is 12.1 Å². The van der Waals surface area contributed by atoms with E-state index in [1.54, 1.807) is 19.2 Å². The first-order valence-corrected chi connectivity index (χ1v) is 11.7. The van der Waals surface area contributed by atoms with Crippen molar-refractivity contribution < 1.29 is 8.42 Å². The molecule has 0 unspecified atom stereocenters. The van der Waals surface area contributed by atoms with E-state index in [-0.39, 0.29) is 24.0 Å². The Hall–Kier alpha value is -1.81. The van der Waals surface area contributed by atoms with Gasteiger partial charge in [0.15, 0.2) is 15.8 Å². The second kappa shape index (κ2) is 10.5. The van der Waals surface area contributed by atoms with Crippen molar-refractivity contribution in [1.82, 2.24) is 10.2 Å². The first-order chi connectivity index (χ1) is 13.8. The highest BCUT2D eigenvalue weighted by Gasteiger charge is 2.21. The molecule has 2 aromatic rings. The molecule has 0 bridgehead atoms. The second-order valence-electron chi connectivity index (χ2n) is 7.51. The monoisotopic (exact) mass is 542 g/mol. The number of sulfone groups is 1. The van der Waals surface area contributed by atoms with E-state index in [0.717, 1.165) is 37.7 Å². The lowest BCUT2D eigenvalue weighted by molar-refractivity contribution is 0.372. The number of aryl methyl sites for hydroxylation is 1. The van der Waals surface area contributed by atoms with E-state index in [2.05, 4.69) is 52.2 Å². The molecule has 1 fully saturated rings. The summed E-state index contributed by atoms with van der Waals surface area (Å²) in [7, 11) is -1.37. The van der Waals surface area contributed by atoms with Crippen LogP contribution in [-0.2, 0) is 16.4 Å². The number of anilines is 1. The fourth-order valence-electron chi connectivity index (χ4n) is 3.61. The molecule has 30 heavy (non-hydrogen) atoms. The summed E-state index contributed by atoms with van der Waals surface area (Å²) in [4.78, 5) is 9.48. The van der Waals surface area contributed by atoms with Crippen LogP contribution in [0.1, 0.15) is 16.7 Å². The van der Waals surface area contributed by atoms with Gasteiger partial charge in [0.05, 0.1) is 4.90 Å². The van der Waals surface area contributed by atoms with Crippen LogP contribution in [0.3, 0.4) is 0 Å². The van der Waals surface area contributed by atoms with Gasteiger partial charge in [0.1, 0.15) is 0 Å². The van der Waals surface area contributed by atoms with Gasteiger partial charge in [-0.15, -0.1) is 24.0 Å². The summed E-state index contributed by atoms with van der Waals surface area (Å²) in [5.74, 6) is 0.873. The van der Waals surface area contributed by atoms with Gasteiger partial charge in [0.2, 0.25) is 0 Å². The van der Waals surface area contributed by atoms with Gasteiger partial charge < -0.3 is 15.1 Å². The van der Waals surface area contributed by atoms with Crippen LogP contribution in [0.15, 0.2) is 52.4 Å². The van der Waals surface area contributed by atoms with Crippen molar-refractivity contribution in [2.24, 2.45) is 4.99 Å². The fourth-order valence-corrected chi connectivity index (χ4v) is 4.24. The van der Waals surface area contributed by atoms with E-state index >= 15 is 0 Å². The van der Waals surface area contributed by atoms with Crippen molar-refractivity contribution in [3.8, 4) is 0 Å². The number of piperazine rings is 1. The van der Waals surface area contributed by atoms with Crippen LogP contribution in [0.4, 0.5) is 5.69 Å². The van der Waals surface area contributed by atoms with E-state index in [4.69, 9.17) is 0 Å². The van der Waals surface area contributed by atoms with Crippen molar-refractivity contribution >= 4 is 45.5 Å². The van der Waals surface area contributed by atoms with Gasteiger partial charge in [0, 0.05) is 51.7 Å². The van der Waals surface area contributed by atoms with E-state index in [9.17, 15) is 8.42 Å². The standard InChI is InChI=1S/C22H30N4O2S.HI/c1-17-6-5-7-21(18(17)2)25-12-14-26(15-13-25)22(23-3)24-16-19-8-10-20(11-9-19)29(4,27)28;/h5-11H,12-16H2,1-4H3,(H,23,24);1H. The Morgan fingerprint density at radius 1 is 1.03 bits per heavy atom. The third-order valence-corrected chi connectivity index (χ3v) is 6.64. The van der Waals surface area contributed by atoms with Crippen molar-refractivity contribution in [3.63, 3.8) is 0 Å². The summed E-state index contributed by atoms with van der Waals surface area (Å²) in [6.07, 6.45) is 1.22. The number of nitrogens with one attached hydrogen (secondary N) is 1. The van der Waals surface area contributed by atoms with Crippen molar-refractivity contribution in [2.45, 2.75) is 25.3 Å². The Morgan fingerprint density at radius 2 is 1.67 bits per heavy atom. The van der Waals surface area contributed by atoms with Crippen LogP contribution in [0, 0.1) is 13.8 Å². The minimum atomic E-state index is -3.16. The maximum absolute atomic E-state index is 11.6. The number of hydrogen-bond donors (Lipinski definition) is 1. The summed E-state index contributed by atoms with van der Waals surface area (Å²) in [5, 5.41) is 3.40. The van der Waals surface area contributed by atoms with E-state index in [1.165, 1.54) is 23.1 Å². The third-order valence-electron chi connectivity index (χ3n) is 5.51. The number of halogens is 1. The minimum Gasteiger partial charge on any atom is -0.368 e. The number of hydrogen-bond acceptors (Lipinski definition) is 4. The highest BCUT2D eigenvalue weighted by molar-refractivity contribution is 14.0. The molecule has 0 radical (unpaired) electrons. The molecular formula is C22H31IN4O2S. The number of rotatable bonds is 4. The number of nitrogens with zero attached hydrogens (tertiary/aromatic N) is 3. The maximum atomic E-state index is 11.6. The van der Waals surface area contributed by atoms with E-state index in [0.29, 0.717) is 11.4 Å². The largest absolute Gasteiger partial charge is 0.368 e. The Labute approximate surface area is 197 Å². The van der Waals surface area contributed by atoms with Gasteiger partial charge in [-0.05, 0) is 48.7 Å². The highest BCUT2D eigenvalue weighted by Crippen LogP contribution is 2.23. The summed E-state index contributed by atoms with van der Waals surface area (Å²) in [6.45, 7) is 8.66. The molecule has 0 saturated carbocycles. The van der Waals surface area contributed by atoms with Crippen molar-refractivity contribution in [2.75, 3.05) is 44.4 Å². The van der Waals surface area contributed by atoms with Crippen LogP contribution in [0.5, 0.6) is 0 Å². The predicted molar refractivity (Wildman–Crippen MR) is 135 cm³/mol. The summed E-state index contributed by atoms with van der Waals surface area (Å²) >= 11 is 0. The first-order valence-electron chi connectivity index (χ1n) is 9.85. The average Bonchev–Trinajstić information content (AvgIpc) is 2.71. The molecule has 0 spiro atoms. The molecular weight excluding hydrogens is 511 g/mol. The normalized spacial score (nSPS) is 15.0.